The number of carbonyl (C=O) groups is 2. The molecule has 0 radical (unpaired) electrons. The first-order valence-electron chi connectivity index (χ1n) is 7.14. The molecule has 25 heavy (non-hydrogen) atoms. The van der Waals surface area contributed by atoms with Crippen LogP contribution < -0.4 is 0 Å². The van der Waals surface area contributed by atoms with Crippen molar-refractivity contribution in [3.63, 3.8) is 0 Å². The van der Waals surface area contributed by atoms with E-state index in [0.29, 0.717) is 11.1 Å². The van der Waals surface area contributed by atoms with Crippen LogP contribution in [-0.4, -0.2) is 24.9 Å². The lowest BCUT2D eigenvalue weighted by molar-refractivity contribution is -0.129. The van der Waals surface area contributed by atoms with E-state index in [1.165, 1.54) is 7.11 Å². The van der Waals surface area contributed by atoms with Crippen LogP contribution in [0, 0.1) is 3.57 Å². The summed E-state index contributed by atoms with van der Waals surface area (Å²) < 4.78 is 11.9. The summed E-state index contributed by atoms with van der Waals surface area (Å²) in [6, 6.07) is 12.3. The average Bonchev–Trinajstić information content (AvgIpc) is 2.98. The van der Waals surface area contributed by atoms with Gasteiger partial charge in [0.25, 0.3) is 0 Å². The highest BCUT2D eigenvalue weighted by Gasteiger charge is 2.24. The van der Waals surface area contributed by atoms with Gasteiger partial charge in [-0.1, -0.05) is 12.1 Å². The van der Waals surface area contributed by atoms with E-state index in [0.717, 1.165) is 13.6 Å². The number of cyclic esters (lactones) is 1. The number of aliphatic imine (C=N–C) groups is 1. The fourth-order valence-electron chi connectivity index (χ4n) is 2.15. The Bertz CT molecular complexity index is 919. The zero-order chi connectivity index (χ0) is 18.0. The maximum absolute atomic E-state index is 12.0. The number of hydrogen-bond acceptors (Lipinski definition) is 5. The van der Waals surface area contributed by atoms with Gasteiger partial charge in [-0.25, -0.2) is 14.6 Å². The summed E-state index contributed by atoms with van der Waals surface area (Å²) in [5.41, 5.74) is 2.08. The number of hydrogen-bond donors (Lipinski definition) is 0. The normalized spacial score (nSPS) is 15.1. The third-order valence-corrected chi connectivity index (χ3v) is 5.76. The topological polar surface area (TPSA) is 65.0 Å². The number of methoxy groups -OCH3 is 1. The second-order valence-electron chi connectivity index (χ2n) is 5.08. The van der Waals surface area contributed by atoms with Gasteiger partial charge in [0.1, 0.15) is 0 Å². The molecule has 1 aliphatic rings. The first kappa shape index (κ1) is 17.8. The minimum Gasteiger partial charge on any atom is -0.465 e. The monoisotopic (exact) mass is 511 g/mol. The molecule has 0 aromatic heterocycles. The van der Waals surface area contributed by atoms with Crippen LogP contribution in [0.3, 0.4) is 0 Å². The summed E-state index contributed by atoms with van der Waals surface area (Å²) in [5, 5.41) is 0. The van der Waals surface area contributed by atoms with Gasteiger partial charge >= 0.3 is 11.9 Å². The predicted molar refractivity (Wildman–Crippen MR) is 105 cm³/mol. The van der Waals surface area contributed by atoms with E-state index >= 15 is 0 Å². The van der Waals surface area contributed by atoms with E-state index < -0.39 is 11.9 Å². The minimum absolute atomic E-state index is 0.204. The number of nitrogens with zero attached hydrogens (tertiary/aromatic N) is 1. The quantitative estimate of drug-likeness (QED) is 0.352. The molecule has 3 rings (SSSR count). The zero-order valence-electron chi connectivity index (χ0n) is 13.0. The molecule has 0 amide bonds. The van der Waals surface area contributed by atoms with E-state index in [1.54, 1.807) is 30.3 Å². The summed E-state index contributed by atoms with van der Waals surface area (Å²) in [4.78, 5) is 27.7. The number of benzene rings is 2. The second kappa shape index (κ2) is 7.49. The van der Waals surface area contributed by atoms with Crippen molar-refractivity contribution in [3.8, 4) is 0 Å². The van der Waals surface area contributed by atoms with Gasteiger partial charge in [0.15, 0.2) is 5.70 Å². The smallest absolute Gasteiger partial charge is 0.363 e. The number of halogens is 2. The molecule has 0 saturated carbocycles. The molecule has 0 bridgehead atoms. The second-order valence-corrected chi connectivity index (χ2v) is 7.10. The number of carbonyl (C=O) groups excluding carboxylic acids is 2. The van der Waals surface area contributed by atoms with Crippen molar-refractivity contribution in [1.82, 2.24) is 0 Å². The third kappa shape index (κ3) is 3.98. The average molecular weight is 512 g/mol. The van der Waals surface area contributed by atoms with Crippen molar-refractivity contribution in [1.29, 1.82) is 0 Å². The van der Waals surface area contributed by atoms with Gasteiger partial charge in [-0.15, -0.1) is 0 Å². The summed E-state index contributed by atoms with van der Waals surface area (Å²) in [6.45, 7) is 0. The molecule has 0 spiro atoms. The summed E-state index contributed by atoms with van der Waals surface area (Å²) in [5.74, 6) is -0.662. The Morgan fingerprint density at radius 1 is 1.24 bits per heavy atom. The molecule has 0 N–H and O–H groups in total. The molecule has 7 heteroatoms. The SMILES string of the molecule is COC(=O)c1ccc(/C=C2\N=C(c3ccc(I)c(Br)c3)OC2=O)cc1. The lowest BCUT2D eigenvalue weighted by Gasteiger charge is -2.01. The molecule has 0 atom stereocenters. The summed E-state index contributed by atoms with van der Waals surface area (Å²) in [6.07, 6.45) is 1.61. The molecule has 0 aliphatic carbocycles. The third-order valence-electron chi connectivity index (χ3n) is 3.42. The first-order valence-corrected chi connectivity index (χ1v) is 9.01. The van der Waals surface area contributed by atoms with Crippen molar-refractivity contribution in [2.45, 2.75) is 0 Å². The summed E-state index contributed by atoms with van der Waals surface area (Å²) in [7, 11) is 1.33. The van der Waals surface area contributed by atoms with Crippen molar-refractivity contribution in [2.24, 2.45) is 4.99 Å². The molecule has 1 heterocycles. The van der Waals surface area contributed by atoms with Crippen molar-refractivity contribution in [3.05, 3.63) is 72.9 Å². The molecule has 126 valence electrons. The Labute approximate surface area is 166 Å². The van der Waals surface area contributed by atoms with Crippen LogP contribution >= 0.6 is 38.5 Å². The Morgan fingerprint density at radius 3 is 2.60 bits per heavy atom. The Morgan fingerprint density at radius 2 is 1.96 bits per heavy atom. The van der Waals surface area contributed by atoms with Gasteiger partial charge in [-0.2, -0.15) is 0 Å². The fraction of sp³-hybridized carbons (Fsp3) is 0.0556. The Balaban J connectivity index is 1.87. The maximum Gasteiger partial charge on any atom is 0.363 e. The number of rotatable bonds is 3. The highest BCUT2D eigenvalue weighted by molar-refractivity contribution is 14.1. The van der Waals surface area contributed by atoms with Crippen molar-refractivity contribution in [2.75, 3.05) is 7.11 Å². The highest BCUT2D eigenvalue weighted by Crippen LogP contribution is 2.24. The van der Waals surface area contributed by atoms with E-state index in [2.05, 4.69) is 48.3 Å². The molecule has 2 aromatic carbocycles. The van der Waals surface area contributed by atoms with Crippen LogP contribution in [0.15, 0.2) is 57.6 Å². The fourth-order valence-corrected chi connectivity index (χ4v) is 2.87. The van der Waals surface area contributed by atoms with Gasteiger partial charge < -0.3 is 9.47 Å². The molecule has 2 aromatic rings. The van der Waals surface area contributed by atoms with Crippen LogP contribution in [0.5, 0.6) is 0 Å². The molecular weight excluding hydrogens is 501 g/mol. The zero-order valence-corrected chi connectivity index (χ0v) is 16.7. The van der Waals surface area contributed by atoms with E-state index in [1.807, 2.05) is 18.2 Å². The highest BCUT2D eigenvalue weighted by atomic mass is 127. The van der Waals surface area contributed by atoms with Gasteiger partial charge in [0.05, 0.1) is 12.7 Å². The van der Waals surface area contributed by atoms with E-state index in [9.17, 15) is 9.59 Å². The van der Waals surface area contributed by atoms with Crippen LogP contribution in [0.4, 0.5) is 0 Å². The molecule has 1 aliphatic heterocycles. The van der Waals surface area contributed by atoms with Crippen LogP contribution in [0.25, 0.3) is 6.08 Å². The van der Waals surface area contributed by atoms with Crippen molar-refractivity contribution >= 4 is 62.4 Å². The summed E-state index contributed by atoms with van der Waals surface area (Å²) >= 11 is 5.64. The van der Waals surface area contributed by atoms with Gasteiger partial charge in [-0.3, -0.25) is 0 Å². The van der Waals surface area contributed by atoms with Gasteiger partial charge in [-0.05, 0) is 80.5 Å². The number of esters is 2. The standard InChI is InChI=1S/C18H11BrINO4/c1-24-17(22)11-4-2-10(3-5-11)8-15-18(23)25-16(21-15)12-6-7-14(20)13(19)9-12/h2-9H,1H3/b15-8-. The molecule has 5 nitrogen and oxygen atoms in total. The molecule has 0 saturated heterocycles. The largest absolute Gasteiger partial charge is 0.465 e. The lowest BCUT2D eigenvalue weighted by atomic mass is 10.1. The Hall–Kier alpha value is -2.00. The van der Waals surface area contributed by atoms with Crippen molar-refractivity contribution < 1.29 is 19.1 Å². The number of ether oxygens (including phenoxy) is 2. The minimum atomic E-state index is -0.512. The van der Waals surface area contributed by atoms with Crippen LogP contribution in [0.1, 0.15) is 21.5 Å². The predicted octanol–water partition coefficient (Wildman–Crippen LogP) is 4.18. The van der Waals surface area contributed by atoms with Crippen LogP contribution in [-0.2, 0) is 14.3 Å². The van der Waals surface area contributed by atoms with E-state index in [-0.39, 0.29) is 11.6 Å². The lowest BCUT2D eigenvalue weighted by Crippen LogP contribution is -2.05. The molecular formula is C18H11BrINO4. The van der Waals surface area contributed by atoms with Gasteiger partial charge in [0.2, 0.25) is 5.90 Å². The van der Waals surface area contributed by atoms with Crippen LogP contribution in [0.2, 0.25) is 0 Å². The first-order chi connectivity index (χ1) is 12.0. The maximum atomic E-state index is 12.0. The molecule has 0 fully saturated rings. The van der Waals surface area contributed by atoms with Gasteiger partial charge in [0, 0.05) is 13.6 Å². The van der Waals surface area contributed by atoms with E-state index in [4.69, 9.17) is 4.74 Å². The molecule has 0 unspecified atom stereocenters. The Kier molecular flexibility index (Phi) is 5.33.